The molecule has 0 heterocycles. The molecule has 0 aliphatic rings. The molecule has 0 fully saturated rings. The summed E-state index contributed by atoms with van der Waals surface area (Å²) in [5.74, 6) is -0.636. The van der Waals surface area contributed by atoms with E-state index in [0.29, 0.717) is 6.42 Å². The summed E-state index contributed by atoms with van der Waals surface area (Å²) in [7, 11) is 1.28. The predicted octanol–water partition coefficient (Wildman–Crippen LogP) is -1.02. The summed E-state index contributed by atoms with van der Waals surface area (Å²) in [6.07, 6.45) is 0.510. The maximum absolute atomic E-state index is 11.5. The second-order valence-electron chi connectivity index (χ2n) is 4.06. The van der Waals surface area contributed by atoms with Gasteiger partial charge in [-0.1, -0.05) is 13.8 Å². The van der Waals surface area contributed by atoms with Crippen molar-refractivity contribution in [1.82, 2.24) is 5.32 Å². The molecule has 1 amide bonds. The van der Waals surface area contributed by atoms with Crippen LogP contribution in [0.15, 0.2) is 0 Å². The highest BCUT2D eigenvalue weighted by molar-refractivity contribution is 5.87. The Labute approximate surface area is 95.7 Å². The van der Waals surface area contributed by atoms with E-state index in [4.69, 9.17) is 11.5 Å². The minimum atomic E-state index is -0.792. The minimum Gasteiger partial charge on any atom is -0.467 e. The lowest BCUT2D eigenvalue weighted by molar-refractivity contribution is -0.145. The van der Waals surface area contributed by atoms with Crippen LogP contribution in [-0.4, -0.2) is 37.6 Å². The van der Waals surface area contributed by atoms with Gasteiger partial charge in [0.1, 0.15) is 6.04 Å². The first kappa shape index (κ1) is 14.9. The van der Waals surface area contributed by atoms with Crippen LogP contribution < -0.4 is 16.8 Å². The van der Waals surface area contributed by atoms with Gasteiger partial charge >= 0.3 is 5.97 Å². The summed E-state index contributed by atoms with van der Waals surface area (Å²) < 4.78 is 4.60. The van der Waals surface area contributed by atoms with E-state index in [1.165, 1.54) is 7.11 Å². The molecule has 6 heteroatoms. The van der Waals surface area contributed by atoms with Crippen molar-refractivity contribution in [2.45, 2.75) is 32.4 Å². The molecule has 94 valence electrons. The Morgan fingerprint density at radius 1 is 1.38 bits per heavy atom. The van der Waals surface area contributed by atoms with Gasteiger partial charge in [-0.3, -0.25) is 4.79 Å². The Kier molecular flexibility index (Phi) is 6.67. The summed E-state index contributed by atoms with van der Waals surface area (Å²) in [5, 5.41) is 2.53. The molecule has 0 aliphatic heterocycles. The molecule has 6 nitrogen and oxygen atoms in total. The third-order valence-electron chi connectivity index (χ3n) is 2.10. The van der Waals surface area contributed by atoms with Crippen LogP contribution >= 0.6 is 0 Å². The minimum absolute atomic E-state index is 0.0431. The molecule has 16 heavy (non-hydrogen) atoms. The largest absolute Gasteiger partial charge is 0.467 e. The van der Waals surface area contributed by atoms with Crippen LogP contribution in [0.1, 0.15) is 20.3 Å². The monoisotopic (exact) mass is 231 g/mol. The maximum atomic E-state index is 11.5. The molecular formula is C10H21N3O3. The first-order valence-electron chi connectivity index (χ1n) is 5.26. The van der Waals surface area contributed by atoms with Gasteiger partial charge in [0, 0.05) is 6.54 Å². The molecule has 0 aliphatic carbocycles. The van der Waals surface area contributed by atoms with Crippen molar-refractivity contribution in [1.29, 1.82) is 0 Å². The van der Waals surface area contributed by atoms with Crippen molar-refractivity contribution in [3.63, 3.8) is 0 Å². The average molecular weight is 231 g/mol. The number of amides is 1. The smallest absolute Gasteiger partial charge is 0.328 e. The lowest BCUT2D eigenvalue weighted by Crippen LogP contribution is -2.51. The molecular weight excluding hydrogens is 210 g/mol. The lowest BCUT2D eigenvalue weighted by atomic mass is 10.0. The van der Waals surface area contributed by atoms with E-state index in [2.05, 4.69) is 10.1 Å². The molecule has 0 aromatic rings. The molecule has 0 saturated carbocycles. The molecule has 2 atom stereocenters. The SMILES string of the molecule is COC(=O)C(CC(C)C)NC(=O)C(N)CN. The third kappa shape index (κ3) is 5.09. The van der Waals surface area contributed by atoms with Crippen molar-refractivity contribution in [3.05, 3.63) is 0 Å². The van der Waals surface area contributed by atoms with Gasteiger partial charge in [0.2, 0.25) is 5.91 Å². The lowest BCUT2D eigenvalue weighted by Gasteiger charge is -2.19. The predicted molar refractivity (Wildman–Crippen MR) is 60.4 cm³/mol. The molecule has 5 N–H and O–H groups in total. The fourth-order valence-corrected chi connectivity index (χ4v) is 1.21. The van der Waals surface area contributed by atoms with Gasteiger partial charge in [-0.15, -0.1) is 0 Å². The summed E-state index contributed by atoms with van der Waals surface area (Å²) in [6, 6.07) is -1.45. The number of carbonyl (C=O) groups is 2. The number of methoxy groups -OCH3 is 1. The van der Waals surface area contributed by atoms with Crippen LogP contribution in [-0.2, 0) is 14.3 Å². The Morgan fingerprint density at radius 2 is 1.94 bits per heavy atom. The van der Waals surface area contributed by atoms with Crippen molar-refractivity contribution in [3.8, 4) is 0 Å². The van der Waals surface area contributed by atoms with E-state index in [-0.39, 0.29) is 12.5 Å². The van der Waals surface area contributed by atoms with Gasteiger partial charge in [-0.05, 0) is 12.3 Å². The number of esters is 1. The van der Waals surface area contributed by atoms with E-state index in [1.54, 1.807) is 0 Å². The normalized spacial score (nSPS) is 14.4. The molecule has 2 unspecified atom stereocenters. The number of ether oxygens (including phenoxy) is 1. The van der Waals surface area contributed by atoms with Crippen molar-refractivity contribution < 1.29 is 14.3 Å². The number of rotatable bonds is 6. The van der Waals surface area contributed by atoms with Crippen molar-refractivity contribution in [2.24, 2.45) is 17.4 Å². The Balaban J connectivity index is 4.42. The fourth-order valence-electron chi connectivity index (χ4n) is 1.21. The average Bonchev–Trinajstić information content (AvgIpc) is 2.25. The highest BCUT2D eigenvalue weighted by atomic mass is 16.5. The van der Waals surface area contributed by atoms with Gasteiger partial charge in [0.15, 0.2) is 0 Å². The molecule has 0 radical (unpaired) electrons. The summed E-state index contributed by atoms with van der Waals surface area (Å²) in [5.41, 5.74) is 10.7. The Hall–Kier alpha value is -1.14. The molecule has 0 bridgehead atoms. The zero-order chi connectivity index (χ0) is 12.7. The van der Waals surface area contributed by atoms with E-state index in [9.17, 15) is 9.59 Å². The first-order chi connectivity index (χ1) is 7.42. The van der Waals surface area contributed by atoms with Gasteiger partial charge in [0.25, 0.3) is 0 Å². The van der Waals surface area contributed by atoms with E-state index in [1.807, 2.05) is 13.8 Å². The summed E-state index contributed by atoms with van der Waals surface area (Å²) in [4.78, 5) is 22.8. The van der Waals surface area contributed by atoms with Crippen LogP contribution in [0.4, 0.5) is 0 Å². The van der Waals surface area contributed by atoms with E-state index >= 15 is 0 Å². The van der Waals surface area contributed by atoms with Gasteiger partial charge < -0.3 is 21.5 Å². The van der Waals surface area contributed by atoms with Crippen LogP contribution in [0.5, 0.6) is 0 Å². The quantitative estimate of drug-likeness (QED) is 0.507. The maximum Gasteiger partial charge on any atom is 0.328 e. The standard InChI is InChI=1S/C10H21N3O3/c1-6(2)4-8(10(15)16-3)13-9(14)7(12)5-11/h6-8H,4-5,11-12H2,1-3H3,(H,13,14). The number of nitrogens with one attached hydrogen (secondary N) is 1. The van der Waals surface area contributed by atoms with Crippen LogP contribution in [0.2, 0.25) is 0 Å². The third-order valence-corrected chi connectivity index (χ3v) is 2.10. The highest BCUT2D eigenvalue weighted by Crippen LogP contribution is 2.06. The van der Waals surface area contributed by atoms with Gasteiger partial charge in [0.05, 0.1) is 13.2 Å². The van der Waals surface area contributed by atoms with Crippen molar-refractivity contribution >= 4 is 11.9 Å². The number of hydrogen-bond donors (Lipinski definition) is 3. The van der Waals surface area contributed by atoms with Crippen LogP contribution in [0.25, 0.3) is 0 Å². The van der Waals surface area contributed by atoms with Gasteiger partial charge in [-0.25, -0.2) is 4.79 Å². The molecule has 0 saturated heterocycles. The van der Waals surface area contributed by atoms with Crippen LogP contribution in [0, 0.1) is 5.92 Å². The zero-order valence-corrected chi connectivity index (χ0v) is 10.0. The number of nitrogens with two attached hydrogens (primary N) is 2. The molecule has 0 aromatic carbocycles. The highest BCUT2D eigenvalue weighted by Gasteiger charge is 2.24. The molecule has 0 spiro atoms. The fraction of sp³-hybridized carbons (Fsp3) is 0.800. The van der Waals surface area contributed by atoms with Crippen LogP contribution in [0.3, 0.4) is 0 Å². The van der Waals surface area contributed by atoms with Gasteiger partial charge in [-0.2, -0.15) is 0 Å². The summed E-state index contributed by atoms with van der Waals surface area (Å²) in [6.45, 7) is 3.94. The zero-order valence-electron chi connectivity index (χ0n) is 10.0. The molecule has 0 aromatic heterocycles. The first-order valence-corrected chi connectivity index (χ1v) is 5.26. The number of hydrogen-bond acceptors (Lipinski definition) is 5. The second kappa shape index (κ2) is 7.19. The Bertz CT molecular complexity index is 243. The molecule has 0 rings (SSSR count). The van der Waals surface area contributed by atoms with E-state index < -0.39 is 24.0 Å². The summed E-state index contributed by atoms with van der Waals surface area (Å²) >= 11 is 0. The van der Waals surface area contributed by atoms with E-state index in [0.717, 1.165) is 0 Å². The Morgan fingerprint density at radius 3 is 2.31 bits per heavy atom. The topological polar surface area (TPSA) is 107 Å². The van der Waals surface area contributed by atoms with Crippen molar-refractivity contribution in [2.75, 3.05) is 13.7 Å². The second-order valence-corrected chi connectivity index (χ2v) is 4.06. The number of carbonyl (C=O) groups excluding carboxylic acids is 2.